The van der Waals surface area contributed by atoms with Crippen molar-refractivity contribution in [3.05, 3.63) is 26.7 Å². The number of aromatic nitrogens is 6. The molecule has 10 nitrogen and oxygen atoms in total. The summed E-state index contributed by atoms with van der Waals surface area (Å²) in [7, 11) is 3.02. The molecule has 0 bridgehead atoms. The van der Waals surface area contributed by atoms with E-state index in [4.69, 9.17) is 0 Å². The number of hydrogen-bond acceptors (Lipinski definition) is 10. The minimum Gasteiger partial charge on any atom is -0.300 e. The maximum Gasteiger partial charge on any atom is 0.332 e. The molecule has 0 aromatic carbocycles. The highest BCUT2D eigenvalue weighted by Gasteiger charge is 2.24. The second kappa shape index (κ2) is 9.71. The van der Waals surface area contributed by atoms with Gasteiger partial charge in [0.2, 0.25) is 11.0 Å². The number of carbonyl (C=O) groups excluding carboxylic acids is 1. The number of rotatable bonds is 7. The van der Waals surface area contributed by atoms with E-state index in [0.717, 1.165) is 52.1 Å². The lowest BCUT2D eigenvalue weighted by molar-refractivity contribution is -0.113. The molecule has 0 unspecified atom stereocenters. The molecule has 0 atom stereocenters. The number of nitrogens with zero attached hydrogens (tertiary/aromatic N) is 6. The van der Waals surface area contributed by atoms with Crippen molar-refractivity contribution in [2.45, 2.75) is 47.9 Å². The molecule has 0 radical (unpaired) electrons. The number of thioether (sulfide) groups is 2. The lowest BCUT2D eigenvalue weighted by Gasteiger charge is -2.14. The van der Waals surface area contributed by atoms with Crippen molar-refractivity contribution in [2.75, 3.05) is 16.8 Å². The SMILES string of the molecule is CCSc1nnc(NC(=O)CSc2nc(C3CCCC3)nc3c2c(=O)n(C)c(=O)n3C)s1. The number of nitrogens with one attached hydrogen (secondary N) is 1. The summed E-state index contributed by atoms with van der Waals surface area (Å²) in [4.78, 5) is 47.1. The Morgan fingerprint density at radius 3 is 2.59 bits per heavy atom. The Hall–Kier alpha value is -2.25. The average molecular weight is 494 g/mol. The van der Waals surface area contributed by atoms with Crippen LogP contribution in [0.2, 0.25) is 0 Å². The number of fused-ring (bicyclic) bond motifs is 1. The zero-order chi connectivity index (χ0) is 22.8. The van der Waals surface area contributed by atoms with Gasteiger partial charge in [-0.05, 0) is 18.6 Å². The van der Waals surface area contributed by atoms with Crippen molar-refractivity contribution in [2.24, 2.45) is 14.1 Å². The molecule has 1 aliphatic carbocycles. The van der Waals surface area contributed by atoms with E-state index in [9.17, 15) is 14.4 Å². The predicted octanol–water partition coefficient (Wildman–Crippen LogP) is 2.38. The number of amides is 1. The number of hydrogen-bond donors (Lipinski definition) is 1. The Labute approximate surface area is 196 Å². The number of aryl methyl sites for hydroxylation is 1. The molecule has 1 aliphatic rings. The third-order valence-corrected chi connectivity index (χ3v) is 8.09. The van der Waals surface area contributed by atoms with Crippen LogP contribution in [0.25, 0.3) is 11.0 Å². The van der Waals surface area contributed by atoms with Gasteiger partial charge in [0.15, 0.2) is 9.99 Å². The van der Waals surface area contributed by atoms with Gasteiger partial charge in [-0.1, -0.05) is 54.6 Å². The lowest BCUT2D eigenvalue weighted by atomic mass is 10.1. The molecule has 1 amide bonds. The van der Waals surface area contributed by atoms with Crippen LogP contribution in [-0.2, 0) is 18.9 Å². The van der Waals surface area contributed by atoms with Gasteiger partial charge >= 0.3 is 5.69 Å². The second-order valence-corrected chi connectivity index (χ2v) is 10.9. The van der Waals surface area contributed by atoms with Gasteiger partial charge in [-0.2, -0.15) is 0 Å². The fourth-order valence-corrected chi connectivity index (χ4v) is 6.13. The summed E-state index contributed by atoms with van der Waals surface area (Å²) in [6.07, 6.45) is 4.16. The molecule has 13 heteroatoms. The molecule has 0 spiro atoms. The maximum absolute atomic E-state index is 12.9. The molecule has 3 heterocycles. The van der Waals surface area contributed by atoms with Gasteiger partial charge in [0.05, 0.1) is 5.75 Å². The largest absolute Gasteiger partial charge is 0.332 e. The van der Waals surface area contributed by atoms with Crippen LogP contribution < -0.4 is 16.6 Å². The second-order valence-electron chi connectivity index (χ2n) is 7.42. The van der Waals surface area contributed by atoms with Crippen LogP contribution >= 0.6 is 34.9 Å². The average Bonchev–Trinajstić information content (AvgIpc) is 3.47. The topological polar surface area (TPSA) is 125 Å². The Bertz CT molecular complexity index is 1280. The van der Waals surface area contributed by atoms with Crippen LogP contribution in [0, 0.1) is 0 Å². The van der Waals surface area contributed by atoms with Crippen molar-refractivity contribution >= 4 is 56.9 Å². The molecule has 4 rings (SSSR count). The van der Waals surface area contributed by atoms with Crippen LogP contribution in [0.15, 0.2) is 19.0 Å². The van der Waals surface area contributed by atoms with Crippen LogP contribution in [0.4, 0.5) is 5.13 Å². The molecule has 1 fully saturated rings. The van der Waals surface area contributed by atoms with Gasteiger partial charge in [-0.25, -0.2) is 14.8 Å². The molecule has 0 saturated heterocycles. The Kier molecular flexibility index (Phi) is 6.96. The maximum atomic E-state index is 12.9. The fourth-order valence-electron chi connectivity index (χ4n) is 3.65. The summed E-state index contributed by atoms with van der Waals surface area (Å²) in [5.74, 6) is 1.47. The normalized spacial score (nSPS) is 14.3. The van der Waals surface area contributed by atoms with Crippen molar-refractivity contribution in [1.82, 2.24) is 29.3 Å². The van der Waals surface area contributed by atoms with E-state index >= 15 is 0 Å². The van der Waals surface area contributed by atoms with E-state index in [0.29, 0.717) is 21.6 Å². The van der Waals surface area contributed by atoms with E-state index in [1.54, 1.807) is 18.8 Å². The van der Waals surface area contributed by atoms with E-state index in [1.807, 2.05) is 6.92 Å². The quantitative estimate of drug-likeness (QED) is 0.300. The van der Waals surface area contributed by atoms with Gasteiger partial charge in [0.25, 0.3) is 5.56 Å². The third-order valence-electron chi connectivity index (χ3n) is 5.27. The molecular formula is C19H23N7O3S3. The first-order valence-electron chi connectivity index (χ1n) is 10.3. The molecule has 3 aromatic heterocycles. The highest BCUT2D eigenvalue weighted by Crippen LogP contribution is 2.34. The Balaban J connectivity index is 1.64. The van der Waals surface area contributed by atoms with Crippen molar-refractivity contribution in [3.63, 3.8) is 0 Å². The first kappa shape index (κ1) is 22.9. The number of carbonyl (C=O) groups is 1. The van der Waals surface area contributed by atoms with Gasteiger partial charge in [0, 0.05) is 20.0 Å². The van der Waals surface area contributed by atoms with Gasteiger partial charge in [0.1, 0.15) is 16.2 Å². The van der Waals surface area contributed by atoms with E-state index in [2.05, 4.69) is 25.5 Å². The van der Waals surface area contributed by atoms with Crippen LogP contribution in [-0.4, -0.2) is 46.7 Å². The van der Waals surface area contributed by atoms with Crippen molar-refractivity contribution < 1.29 is 4.79 Å². The molecule has 32 heavy (non-hydrogen) atoms. The fraction of sp³-hybridized carbons (Fsp3) is 0.526. The lowest BCUT2D eigenvalue weighted by Crippen LogP contribution is -2.38. The number of anilines is 1. The molecule has 0 aliphatic heterocycles. The smallest absolute Gasteiger partial charge is 0.300 e. The van der Waals surface area contributed by atoms with Crippen molar-refractivity contribution in [1.29, 1.82) is 0 Å². The van der Waals surface area contributed by atoms with E-state index < -0.39 is 11.2 Å². The highest BCUT2D eigenvalue weighted by atomic mass is 32.2. The summed E-state index contributed by atoms with van der Waals surface area (Å²) >= 11 is 4.04. The van der Waals surface area contributed by atoms with E-state index in [-0.39, 0.29) is 23.0 Å². The summed E-state index contributed by atoms with van der Waals surface area (Å²) < 4.78 is 3.21. The van der Waals surface area contributed by atoms with Gasteiger partial charge in [-0.3, -0.25) is 24.0 Å². The third kappa shape index (κ3) is 4.59. The zero-order valence-corrected chi connectivity index (χ0v) is 20.4. The predicted molar refractivity (Wildman–Crippen MR) is 127 cm³/mol. The summed E-state index contributed by atoms with van der Waals surface area (Å²) in [6, 6.07) is 0. The summed E-state index contributed by atoms with van der Waals surface area (Å²) in [5.41, 5.74) is -0.595. The standard InChI is InChI=1S/C19H23N7O3S3/c1-4-30-18-24-23-17(32-18)20-11(27)9-31-15-12-14(25(2)19(29)26(3)16(12)28)21-13(22-15)10-7-5-6-8-10/h10H,4-9H2,1-3H3,(H,20,23,27). The first-order chi connectivity index (χ1) is 15.4. The highest BCUT2D eigenvalue weighted by molar-refractivity contribution is 8.01. The Morgan fingerprint density at radius 1 is 1.12 bits per heavy atom. The molecule has 1 saturated carbocycles. The van der Waals surface area contributed by atoms with E-state index in [1.165, 1.54) is 23.0 Å². The van der Waals surface area contributed by atoms with Crippen LogP contribution in [0.3, 0.4) is 0 Å². The monoisotopic (exact) mass is 493 g/mol. The molecular weight excluding hydrogens is 470 g/mol. The van der Waals surface area contributed by atoms with Crippen molar-refractivity contribution in [3.8, 4) is 0 Å². The van der Waals surface area contributed by atoms with Gasteiger partial charge < -0.3 is 0 Å². The van der Waals surface area contributed by atoms with Crippen LogP contribution in [0.1, 0.15) is 44.3 Å². The zero-order valence-electron chi connectivity index (χ0n) is 18.0. The molecule has 1 N–H and O–H groups in total. The first-order valence-corrected chi connectivity index (χ1v) is 13.0. The minimum atomic E-state index is -0.464. The van der Waals surface area contributed by atoms with Gasteiger partial charge in [-0.15, -0.1) is 10.2 Å². The summed E-state index contributed by atoms with van der Waals surface area (Å²) in [6.45, 7) is 2.02. The minimum absolute atomic E-state index is 0.0397. The Morgan fingerprint density at radius 2 is 1.88 bits per heavy atom. The molecule has 3 aromatic rings. The molecule has 170 valence electrons. The van der Waals surface area contributed by atoms with Crippen LogP contribution in [0.5, 0.6) is 0 Å². The summed E-state index contributed by atoms with van der Waals surface area (Å²) in [5, 5.41) is 11.9.